The molecule has 7 nitrogen and oxygen atoms in total. The smallest absolute Gasteiger partial charge is 0.225 e. The Morgan fingerprint density at radius 1 is 1.29 bits per heavy atom. The number of aromatic nitrogens is 3. The zero-order valence-electron chi connectivity index (χ0n) is 19.1. The molecule has 176 valence electrons. The number of fused-ring (bicyclic) bond motifs is 4. The molecular formula is C25H22FN6OPS. The molecule has 2 atom stereocenters. The Kier molecular flexibility index (Phi) is 4.46. The Morgan fingerprint density at radius 3 is 2.83 bits per heavy atom. The molecule has 5 heterocycles. The highest BCUT2D eigenvalue weighted by atomic mass is 32.1. The molecule has 1 aromatic carbocycles. The van der Waals surface area contributed by atoms with Gasteiger partial charge in [-0.1, -0.05) is 6.92 Å². The standard InChI is InChI=1S/C25H22FN6OPS/c1-11-7-32(10-25(11)2-3-25)24-30-5-13-14-8-33-9-15(14)17(21(34)19(13)31-24)20-18-12(4-27)23(28)35-22(18)16(26)6-29-20/h5-6,11H,2-3,7-10,28,34H2,1H3. The van der Waals surface area contributed by atoms with Crippen LogP contribution >= 0.6 is 20.6 Å². The van der Waals surface area contributed by atoms with E-state index in [1.165, 1.54) is 19.0 Å². The minimum absolute atomic E-state index is 0.258. The molecule has 3 aromatic heterocycles. The van der Waals surface area contributed by atoms with Gasteiger partial charge in [0.25, 0.3) is 0 Å². The van der Waals surface area contributed by atoms with Gasteiger partial charge in [-0.15, -0.1) is 20.6 Å². The van der Waals surface area contributed by atoms with Crippen LogP contribution in [-0.4, -0.2) is 28.0 Å². The van der Waals surface area contributed by atoms with Gasteiger partial charge in [0.2, 0.25) is 5.95 Å². The van der Waals surface area contributed by atoms with Crippen molar-refractivity contribution in [3.8, 4) is 17.3 Å². The van der Waals surface area contributed by atoms with E-state index in [1.807, 2.05) is 6.20 Å². The fourth-order valence-corrected chi connectivity index (χ4v) is 7.32. The summed E-state index contributed by atoms with van der Waals surface area (Å²) >= 11 is 1.08. The Morgan fingerprint density at radius 2 is 2.09 bits per heavy atom. The molecule has 10 heteroatoms. The number of rotatable bonds is 2. The number of hydrogen-bond acceptors (Lipinski definition) is 8. The lowest BCUT2D eigenvalue weighted by Crippen LogP contribution is -2.23. The maximum absolute atomic E-state index is 14.7. The van der Waals surface area contributed by atoms with Gasteiger partial charge in [0.15, 0.2) is 5.82 Å². The van der Waals surface area contributed by atoms with Crippen LogP contribution in [0.2, 0.25) is 0 Å². The zero-order chi connectivity index (χ0) is 24.1. The number of hydrogen-bond donors (Lipinski definition) is 1. The first-order valence-electron chi connectivity index (χ1n) is 11.6. The summed E-state index contributed by atoms with van der Waals surface area (Å²) < 4.78 is 20.9. The molecule has 1 saturated carbocycles. The minimum Gasteiger partial charge on any atom is -0.389 e. The third-order valence-corrected chi connectivity index (χ3v) is 9.64. The summed E-state index contributed by atoms with van der Waals surface area (Å²) in [6.45, 7) is 5.11. The fraction of sp³-hybridized carbons (Fsp3) is 0.360. The summed E-state index contributed by atoms with van der Waals surface area (Å²) in [5.41, 5.74) is 10.9. The van der Waals surface area contributed by atoms with E-state index >= 15 is 0 Å². The number of pyridine rings is 1. The second kappa shape index (κ2) is 7.30. The monoisotopic (exact) mass is 504 g/mol. The number of ether oxygens (including phenoxy) is 1. The molecule has 2 unspecified atom stereocenters. The number of nitrogens with zero attached hydrogens (tertiary/aromatic N) is 5. The normalized spacial score (nSPS) is 20.2. The van der Waals surface area contributed by atoms with Gasteiger partial charge in [-0.05, 0) is 35.3 Å². The van der Waals surface area contributed by atoms with Crippen molar-refractivity contribution in [2.75, 3.05) is 23.7 Å². The van der Waals surface area contributed by atoms with E-state index in [2.05, 4.69) is 32.1 Å². The lowest BCUT2D eigenvalue weighted by molar-refractivity contribution is 0.135. The van der Waals surface area contributed by atoms with Crippen molar-refractivity contribution in [2.24, 2.45) is 11.3 Å². The van der Waals surface area contributed by atoms with Crippen LogP contribution in [0, 0.1) is 28.5 Å². The maximum Gasteiger partial charge on any atom is 0.225 e. The summed E-state index contributed by atoms with van der Waals surface area (Å²) in [5.74, 6) is 0.880. The number of anilines is 2. The van der Waals surface area contributed by atoms with Crippen molar-refractivity contribution in [3.05, 3.63) is 34.9 Å². The molecule has 1 aliphatic carbocycles. The molecule has 2 fully saturated rings. The topological polar surface area (TPSA) is 101 Å². The Hall–Kier alpha value is -2.92. The lowest BCUT2D eigenvalue weighted by atomic mass is 9.94. The molecule has 35 heavy (non-hydrogen) atoms. The van der Waals surface area contributed by atoms with Gasteiger partial charge in [0.05, 0.1) is 40.9 Å². The highest BCUT2D eigenvalue weighted by Gasteiger charge is 2.53. The molecule has 2 N–H and O–H groups in total. The van der Waals surface area contributed by atoms with Crippen molar-refractivity contribution in [1.29, 1.82) is 5.26 Å². The predicted octanol–water partition coefficient (Wildman–Crippen LogP) is 4.27. The summed E-state index contributed by atoms with van der Waals surface area (Å²) in [5, 5.41) is 12.3. The van der Waals surface area contributed by atoms with Gasteiger partial charge in [0, 0.05) is 40.9 Å². The molecule has 7 rings (SSSR count). The van der Waals surface area contributed by atoms with Gasteiger partial charge in [-0.2, -0.15) is 5.26 Å². The van der Waals surface area contributed by atoms with Crippen LogP contribution in [0.25, 0.3) is 32.2 Å². The van der Waals surface area contributed by atoms with Crippen molar-refractivity contribution in [2.45, 2.75) is 33.0 Å². The van der Waals surface area contributed by atoms with Crippen LogP contribution in [0.1, 0.15) is 36.5 Å². The number of nitriles is 1. The number of nitrogen functional groups attached to an aromatic ring is 1. The zero-order valence-corrected chi connectivity index (χ0v) is 21.0. The molecule has 3 aliphatic rings. The third-order valence-electron chi connectivity index (χ3n) is 8.05. The molecule has 0 amide bonds. The summed E-state index contributed by atoms with van der Waals surface area (Å²) in [4.78, 5) is 16.6. The van der Waals surface area contributed by atoms with E-state index in [0.717, 1.165) is 63.3 Å². The van der Waals surface area contributed by atoms with E-state index < -0.39 is 5.82 Å². The van der Waals surface area contributed by atoms with Crippen LogP contribution in [0.5, 0.6) is 0 Å². The lowest BCUT2D eigenvalue weighted by Gasteiger charge is -2.19. The van der Waals surface area contributed by atoms with Gasteiger partial charge in [-0.3, -0.25) is 4.98 Å². The van der Waals surface area contributed by atoms with Gasteiger partial charge >= 0.3 is 0 Å². The first-order valence-corrected chi connectivity index (χ1v) is 13.0. The van der Waals surface area contributed by atoms with Crippen molar-refractivity contribution >= 4 is 57.8 Å². The maximum atomic E-state index is 14.7. The van der Waals surface area contributed by atoms with E-state index in [-0.39, 0.29) is 10.6 Å². The van der Waals surface area contributed by atoms with Gasteiger partial charge < -0.3 is 15.4 Å². The second-order valence-corrected chi connectivity index (χ2v) is 11.6. The van der Waals surface area contributed by atoms with Crippen molar-refractivity contribution in [1.82, 2.24) is 15.0 Å². The Balaban J connectivity index is 1.49. The molecule has 4 aromatic rings. The first kappa shape index (κ1) is 21.4. The average Bonchev–Trinajstić information content (AvgIpc) is 3.17. The van der Waals surface area contributed by atoms with Crippen LogP contribution in [0.15, 0.2) is 12.4 Å². The summed E-state index contributed by atoms with van der Waals surface area (Å²) in [6, 6.07) is 2.15. The summed E-state index contributed by atoms with van der Waals surface area (Å²) in [7, 11) is 2.81. The SMILES string of the molecule is CC1CN(c2ncc3c4c(c(-c5ncc(F)c6sc(N)c(C#N)c56)c(P)c3n2)COC4)CC12CC2. The number of benzene rings is 1. The van der Waals surface area contributed by atoms with Crippen LogP contribution in [-0.2, 0) is 18.0 Å². The molecule has 0 bridgehead atoms. The van der Waals surface area contributed by atoms with Crippen LogP contribution < -0.4 is 15.9 Å². The van der Waals surface area contributed by atoms with E-state index in [9.17, 15) is 9.65 Å². The van der Waals surface area contributed by atoms with Gasteiger partial charge in [-0.25, -0.2) is 14.4 Å². The second-order valence-electron chi connectivity index (χ2n) is 9.93. The number of thiophene rings is 1. The van der Waals surface area contributed by atoms with E-state index in [0.29, 0.717) is 40.3 Å². The predicted molar refractivity (Wildman–Crippen MR) is 138 cm³/mol. The summed E-state index contributed by atoms with van der Waals surface area (Å²) in [6.07, 6.45) is 5.66. The number of nitrogens with two attached hydrogens (primary N) is 1. The molecular weight excluding hydrogens is 482 g/mol. The molecule has 0 radical (unpaired) electrons. The minimum atomic E-state index is -0.484. The first-order chi connectivity index (χ1) is 16.9. The van der Waals surface area contributed by atoms with Gasteiger partial charge in [0.1, 0.15) is 11.1 Å². The van der Waals surface area contributed by atoms with Crippen LogP contribution in [0.4, 0.5) is 15.3 Å². The van der Waals surface area contributed by atoms with Crippen LogP contribution in [0.3, 0.4) is 0 Å². The largest absolute Gasteiger partial charge is 0.389 e. The van der Waals surface area contributed by atoms with Crippen molar-refractivity contribution < 1.29 is 9.13 Å². The third kappa shape index (κ3) is 2.91. The highest BCUT2D eigenvalue weighted by molar-refractivity contribution is 7.29. The molecule has 1 spiro atoms. The quantitative estimate of drug-likeness (QED) is 0.407. The highest BCUT2D eigenvalue weighted by Crippen LogP contribution is 2.56. The van der Waals surface area contributed by atoms with E-state index in [4.69, 9.17) is 20.4 Å². The Labute approximate surface area is 207 Å². The molecule has 1 saturated heterocycles. The Bertz CT molecular complexity index is 1620. The average molecular weight is 505 g/mol. The van der Waals surface area contributed by atoms with Crippen molar-refractivity contribution in [3.63, 3.8) is 0 Å². The number of halogens is 1. The fourth-order valence-electron chi connectivity index (χ4n) is 5.87. The molecule has 2 aliphatic heterocycles. The van der Waals surface area contributed by atoms with E-state index in [1.54, 1.807) is 0 Å².